The number of hydrogen-bond donors (Lipinski definition) is 1. The molecule has 15 heteroatoms. The molecule has 1 fully saturated rings. The van der Waals surface area contributed by atoms with E-state index in [1.807, 2.05) is 0 Å². The molecule has 13 nitrogen and oxygen atoms in total. The summed E-state index contributed by atoms with van der Waals surface area (Å²) in [6, 6.07) is 8.53. The van der Waals surface area contributed by atoms with Crippen molar-refractivity contribution >= 4 is 56.0 Å². The van der Waals surface area contributed by atoms with Crippen molar-refractivity contribution in [1.82, 2.24) is 13.1 Å². The highest BCUT2D eigenvalue weighted by Crippen LogP contribution is 2.30. The van der Waals surface area contributed by atoms with Crippen LogP contribution in [0.2, 0.25) is 0 Å². The predicted octanol–water partition coefficient (Wildman–Crippen LogP) is 2.20. The molecule has 1 aliphatic rings. The van der Waals surface area contributed by atoms with Gasteiger partial charge in [0.25, 0.3) is 11.6 Å². The number of nitro groups is 1. The number of nitrogens with zero attached hydrogens (tertiary/aromatic N) is 5. The lowest BCUT2D eigenvalue weighted by Crippen LogP contribution is -2.49. The van der Waals surface area contributed by atoms with E-state index in [2.05, 4.69) is 14.1 Å². The molecule has 4 rings (SSSR count). The first-order valence-corrected chi connectivity index (χ1v) is 12.8. The smallest absolute Gasteiger partial charge is 0.324 e. The van der Waals surface area contributed by atoms with Crippen LogP contribution in [-0.2, 0) is 24.3 Å². The summed E-state index contributed by atoms with van der Waals surface area (Å²) in [6.07, 6.45) is 1.35. The van der Waals surface area contributed by atoms with Gasteiger partial charge in [0.1, 0.15) is 28.0 Å². The van der Waals surface area contributed by atoms with Gasteiger partial charge in [-0.2, -0.15) is 18.3 Å². The maximum absolute atomic E-state index is 13.4. The number of benzene rings is 2. The number of nitriles is 1. The van der Waals surface area contributed by atoms with Crippen molar-refractivity contribution in [2.45, 2.75) is 30.2 Å². The summed E-state index contributed by atoms with van der Waals surface area (Å²) < 4.78 is 41.2. The van der Waals surface area contributed by atoms with E-state index in [1.54, 1.807) is 18.2 Å². The lowest BCUT2D eigenvalue weighted by atomic mass is 10.1. The lowest BCUT2D eigenvalue weighted by Gasteiger charge is -2.32. The highest BCUT2D eigenvalue weighted by atomic mass is 32.2. The van der Waals surface area contributed by atoms with E-state index in [0.717, 1.165) is 28.2 Å². The second kappa shape index (κ2) is 10.3. The molecule has 1 amide bonds. The SMILES string of the molecule is N#Cc1cc([N+](=O)[O-])ccc1NC(=O)COC(=O)C1CCCCN1S(=O)(=O)c1cccc2nsnc12. The van der Waals surface area contributed by atoms with Crippen molar-refractivity contribution in [2.75, 3.05) is 18.5 Å². The van der Waals surface area contributed by atoms with Gasteiger partial charge in [-0.1, -0.05) is 6.07 Å². The summed E-state index contributed by atoms with van der Waals surface area (Å²) in [7, 11) is -4.11. The Bertz CT molecular complexity index is 1500. The molecule has 36 heavy (non-hydrogen) atoms. The molecule has 1 saturated heterocycles. The fourth-order valence-corrected chi connectivity index (χ4v) is 6.21. The number of piperidine rings is 1. The van der Waals surface area contributed by atoms with Crippen molar-refractivity contribution in [2.24, 2.45) is 0 Å². The Hall–Kier alpha value is -4.00. The van der Waals surface area contributed by atoms with Crippen LogP contribution >= 0.6 is 11.7 Å². The van der Waals surface area contributed by atoms with Crippen molar-refractivity contribution in [3.05, 3.63) is 52.1 Å². The number of anilines is 1. The number of fused-ring (bicyclic) bond motifs is 1. The van der Waals surface area contributed by atoms with E-state index in [9.17, 15) is 33.4 Å². The van der Waals surface area contributed by atoms with Crippen molar-refractivity contribution in [3.8, 4) is 6.07 Å². The van der Waals surface area contributed by atoms with E-state index >= 15 is 0 Å². The largest absolute Gasteiger partial charge is 0.454 e. The van der Waals surface area contributed by atoms with Crippen LogP contribution in [0.15, 0.2) is 41.3 Å². The van der Waals surface area contributed by atoms with Gasteiger partial charge >= 0.3 is 5.97 Å². The number of non-ortho nitro benzene ring substituents is 1. The number of carbonyl (C=O) groups is 2. The van der Waals surface area contributed by atoms with E-state index in [-0.39, 0.29) is 40.3 Å². The number of rotatable bonds is 7. The molecular weight excluding hydrogens is 512 g/mol. The Morgan fingerprint density at radius 1 is 1.28 bits per heavy atom. The predicted molar refractivity (Wildman–Crippen MR) is 126 cm³/mol. The molecule has 1 aromatic heterocycles. The van der Waals surface area contributed by atoms with Crippen LogP contribution in [0.5, 0.6) is 0 Å². The normalized spacial score (nSPS) is 16.2. The minimum Gasteiger partial charge on any atom is -0.454 e. The van der Waals surface area contributed by atoms with Crippen LogP contribution in [-0.4, -0.2) is 57.5 Å². The fourth-order valence-electron chi connectivity index (χ4n) is 3.81. The molecule has 0 bridgehead atoms. The van der Waals surface area contributed by atoms with Crippen LogP contribution in [0.25, 0.3) is 11.0 Å². The van der Waals surface area contributed by atoms with Crippen LogP contribution in [0, 0.1) is 21.4 Å². The van der Waals surface area contributed by atoms with Gasteiger partial charge in [0.05, 0.1) is 27.9 Å². The topological polar surface area (TPSA) is 185 Å². The standard InChI is InChI=1S/C21H18N6O7S2/c22-11-13-10-14(27(30)31)7-8-15(13)23-19(28)12-34-21(29)17-5-1-2-9-26(17)36(32,33)18-6-3-4-16-20(18)25-35-24-16/h3-4,6-8,10,17H,1-2,5,9,12H2,(H,23,28). The molecule has 186 valence electrons. The molecular formula is C21H18N6O7S2. The summed E-state index contributed by atoms with van der Waals surface area (Å²) >= 11 is 0.881. The quantitative estimate of drug-likeness (QED) is 0.270. The lowest BCUT2D eigenvalue weighted by molar-refractivity contribution is -0.384. The zero-order valence-corrected chi connectivity index (χ0v) is 20.1. The fraction of sp³-hybridized carbons (Fsp3) is 0.286. The van der Waals surface area contributed by atoms with E-state index in [4.69, 9.17) is 4.74 Å². The first-order chi connectivity index (χ1) is 17.2. The maximum Gasteiger partial charge on any atom is 0.324 e. The van der Waals surface area contributed by atoms with Gasteiger partial charge < -0.3 is 10.1 Å². The maximum atomic E-state index is 13.4. The van der Waals surface area contributed by atoms with Crippen molar-refractivity contribution in [1.29, 1.82) is 5.26 Å². The van der Waals surface area contributed by atoms with E-state index < -0.39 is 39.5 Å². The minimum atomic E-state index is -4.11. The summed E-state index contributed by atoms with van der Waals surface area (Å²) in [5, 5.41) is 22.4. The number of nitrogens with one attached hydrogen (secondary N) is 1. The molecule has 0 radical (unpaired) electrons. The molecule has 0 aliphatic carbocycles. The second-order valence-corrected chi connectivity index (χ2v) is 10.2. The number of hydrogen-bond acceptors (Lipinski definition) is 11. The average Bonchev–Trinajstić information content (AvgIpc) is 3.36. The average molecular weight is 531 g/mol. The third kappa shape index (κ3) is 5.00. The molecule has 1 N–H and O–H groups in total. The Kier molecular flexibility index (Phi) is 7.20. The molecule has 2 heterocycles. The Balaban J connectivity index is 1.46. The number of nitro benzene ring substituents is 1. The minimum absolute atomic E-state index is 0.0102. The number of carbonyl (C=O) groups excluding carboxylic acids is 2. The molecule has 2 aromatic carbocycles. The summed E-state index contributed by atoms with van der Waals surface area (Å²) in [5.41, 5.74) is 0.196. The second-order valence-electron chi connectivity index (χ2n) is 7.77. The summed E-state index contributed by atoms with van der Waals surface area (Å²) in [6.45, 7) is -0.646. The Morgan fingerprint density at radius 2 is 2.08 bits per heavy atom. The molecule has 1 atom stereocenters. The highest BCUT2D eigenvalue weighted by Gasteiger charge is 2.39. The van der Waals surface area contributed by atoms with Crippen LogP contribution < -0.4 is 5.32 Å². The number of esters is 1. The Morgan fingerprint density at radius 3 is 2.83 bits per heavy atom. The molecule has 1 aliphatic heterocycles. The number of amides is 1. The van der Waals surface area contributed by atoms with Gasteiger partial charge in [0.15, 0.2) is 6.61 Å². The number of aromatic nitrogens is 2. The van der Waals surface area contributed by atoms with Crippen LogP contribution in [0.1, 0.15) is 24.8 Å². The monoisotopic (exact) mass is 530 g/mol. The summed E-state index contributed by atoms with van der Waals surface area (Å²) in [4.78, 5) is 35.3. The molecule has 0 spiro atoms. The first-order valence-electron chi connectivity index (χ1n) is 10.6. The number of ether oxygens (including phenoxy) is 1. The molecule has 0 saturated carbocycles. The molecule has 3 aromatic rings. The summed E-state index contributed by atoms with van der Waals surface area (Å²) in [5.74, 6) is -1.68. The molecule has 1 unspecified atom stereocenters. The zero-order chi connectivity index (χ0) is 25.9. The van der Waals surface area contributed by atoms with Gasteiger partial charge in [-0.15, -0.1) is 0 Å². The zero-order valence-electron chi connectivity index (χ0n) is 18.5. The number of sulfonamides is 1. The van der Waals surface area contributed by atoms with Gasteiger partial charge in [-0.3, -0.25) is 19.7 Å². The van der Waals surface area contributed by atoms with Gasteiger partial charge in [-0.25, -0.2) is 8.42 Å². The van der Waals surface area contributed by atoms with E-state index in [1.165, 1.54) is 12.1 Å². The van der Waals surface area contributed by atoms with Crippen molar-refractivity contribution in [3.63, 3.8) is 0 Å². The third-order valence-electron chi connectivity index (χ3n) is 5.52. The highest BCUT2D eigenvalue weighted by molar-refractivity contribution is 7.89. The van der Waals surface area contributed by atoms with Gasteiger partial charge in [-0.05, 0) is 37.5 Å². The van der Waals surface area contributed by atoms with E-state index in [0.29, 0.717) is 18.4 Å². The van der Waals surface area contributed by atoms with Gasteiger partial charge in [0.2, 0.25) is 10.0 Å². The van der Waals surface area contributed by atoms with Crippen LogP contribution in [0.3, 0.4) is 0 Å². The van der Waals surface area contributed by atoms with Gasteiger partial charge in [0, 0.05) is 18.7 Å². The van der Waals surface area contributed by atoms with Crippen LogP contribution in [0.4, 0.5) is 11.4 Å². The first kappa shape index (κ1) is 25.1. The Labute approximate surface area is 208 Å². The van der Waals surface area contributed by atoms with Crippen molar-refractivity contribution < 1.29 is 27.7 Å². The third-order valence-corrected chi connectivity index (χ3v) is 8.00.